The lowest BCUT2D eigenvalue weighted by Crippen LogP contribution is -2.43. The van der Waals surface area contributed by atoms with Crippen LogP contribution in [0.15, 0.2) is 61.1 Å². The topological polar surface area (TPSA) is 120 Å². The molecule has 9 heteroatoms. The van der Waals surface area contributed by atoms with Gasteiger partial charge in [0, 0.05) is 18.5 Å². The highest BCUT2D eigenvalue weighted by molar-refractivity contribution is 5.81. The molecule has 2 N–H and O–H groups in total. The third kappa shape index (κ3) is 5.51. The maximum Gasteiger partial charge on any atom is 0.419 e. The standard InChI is InChI=1S/C26H27N3O6/c1-26(2,3)35-25(33)29-13-16(27-15-29)12-22(23(30)31)28-24(32)34-14-21-19-10-6-4-8-17(19)18-9-5-7-11-20(18)21/h4-11,13,15,21-22H,12,14H2,1-3H3,(H,28,32)(H,30,31)/t22-/m0/s1. The molecule has 0 bridgehead atoms. The van der Waals surface area contributed by atoms with Gasteiger partial charge in [-0.05, 0) is 43.0 Å². The minimum absolute atomic E-state index is 0.0689. The summed E-state index contributed by atoms with van der Waals surface area (Å²) in [5.74, 6) is -1.38. The van der Waals surface area contributed by atoms with E-state index in [1.165, 1.54) is 12.5 Å². The monoisotopic (exact) mass is 477 g/mol. The van der Waals surface area contributed by atoms with Crippen LogP contribution in [-0.4, -0.2) is 51.1 Å². The fraction of sp³-hybridized carbons (Fsp3) is 0.308. The zero-order valence-corrected chi connectivity index (χ0v) is 19.7. The number of aromatic nitrogens is 2. The number of carbonyl (C=O) groups is 3. The highest BCUT2D eigenvalue weighted by Crippen LogP contribution is 2.44. The number of hydrogen-bond acceptors (Lipinski definition) is 6. The van der Waals surface area contributed by atoms with Crippen molar-refractivity contribution in [3.05, 3.63) is 77.9 Å². The fourth-order valence-corrected chi connectivity index (χ4v) is 4.08. The number of ether oxygens (including phenoxy) is 2. The molecule has 0 unspecified atom stereocenters. The Labute approximate surface area is 202 Å². The number of carbonyl (C=O) groups excluding carboxylic acids is 2. The number of fused-ring (bicyclic) bond motifs is 3. The van der Waals surface area contributed by atoms with Crippen molar-refractivity contribution >= 4 is 18.2 Å². The molecule has 0 radical (unpaired) electrons. The minimum Gasteiger partial charge on any atom is -0.480 e. The summed E-state index contributed by atoms with van der Waals surface area (Å²) < 4.78 is 11.8. The molecule has 1 aromatic heterocycles. The fourth-order valence-electron chi connectivity index (χ4n) is 4.08. The predicted octanol–water partition coefficient (Wildman–Crippen LogP) is 4.20. The van der Waals surface area contributed by atoms with Crippen molar-refractivity contribution in [3.63, 3.8) is 0 Å². The first-order chi connectivity index (χ1) is 16.6. The van der Waals surface area contributed by atoms with E-state index in [4.69, 9.17) is 9.47 Å². The average Bonchev–Trinajstić information content (AvgIpc) is 3.39. The van der Waals surface area contributed by atoms with Crippen LogP contribution in [0.5, 0.6) is 0 Å². The number of carboxylic acid groups (broad SMARTS) is 1. The second kappa shape index (κ2) is 9.61. The third-order valence-corrected chi connectivity index (χ3v) is 5.59. The summed E-state index contributed by atoms with van der Waals surface area (Å²) in [5, 5.41) is 12.0. The third-order valence-electron chi connectivity index (χ3n) is 5.59. The Bertz CT molecular complexity index is 1210. The van der Waals surface area contributed by atoms with E-state index in [0.29, 0.717) is 5.69 Å². The van der Waals surface area contributed by atoms with Gasteiger partial charge in [-0.15, -0.1) is 0 Å². The molecule has 0 spiro atoms. The number of imidazole rings is 1. The van der Waals surface area contributed by atoms with E-state index < -0.39 is 29.8 Å². The number of carboxylic acids is 1. The highest BCUT2D eigenvalue weighted by Gasteiger charge is 2.30. The summed E-state index contributed by atoms with van der Waals surface area (Å²) in [4.78, 5) is 40.5. The number of alkyl carbamates (subject to hydrolysis) is 1. The van der Waals surface area contributed by atoms with Crippen molar-refractivity contribution in [2.45, 2.75) is 44.8 Å². The molecular weight excluding hydrogens is 450 g/mol. The second-order valence-corrected chi connectivity index (χ2v) is 9.32. The first kappa shape index (κ1) is 24.0. The van der Waals surface area contributed by atoms with Gasteiger partial charge in [-0.3, -0.25) is 0 Å². The van der Waals surface area contributed by atoms with Crippen LogP contribution in [0.1, 0.15) is 43.5 Å². The van der Waals surface area contributed by atoms with Gasteiger partial charge >= 0.3 is 18.2 Å². The SMILES string of the molecule is CC(C)(C)OC(=O)n1cnc(C[C@H](NC(=O)OCC2c3ccccc3-c3ccccc32)C(=O)O)c1. The van der Waals surface area contributed by atoms with E-state index in [9.17, 15) is 19.5 Å². The van der Waals surface area contributed by atoms with Gasteiger partial charge in [0.1, 0.15) is 24.6 Å². The summed E-state index contributed by atoms with van der Waals surface area (Å²) in [6.45, 7) is 5.28. The van der Waals surface area contributed by atoms with Crippen LogP contribution in [0.25, 0.3) is 11.1 Å². The van der Waals surface area contributed by atoms with Crippen molar-refractivity contribution in [1.29, 1.82) is 0 Å². The second-order valence-electron chi connectivity index (χ2n) is 9.32. The van der Waals surface area contributed by atoms with Gasteiger partial charge in [-0.1, -0.05) is 48.5 Å². The molecular formula is C26H27N3O6. The molecule has 1 atom stereocenters. The number of benzene rings is 2. The van der Waals surface area contributed by atoms with E-state index in [2.05, 4.69) is 10.3 Å². The molecule has 1 aliphatic carbocycles. The molecule has 2 aromatic carbocycles. The molecule has 1 amide bonds. The zero-order valence-electron chi connectivity index (χ0n) is 19.7. The maximum atomic E-state index is 12.5. The quantitative estimate of drug-likeness (QED) is 0.546. The first-order valence-corrected chi connectivity index (χ1v) is 11.2. The Morgan fingerprint density at radius 2 is 1.66 bits per heavy atom. The summed E-state index contributed by atoms with van der Waals surface area (Å²) in [6, 6.07) is 14.6. The van der Waals surface area contributed by atoms with E-state index in [0.717, 1.165) is 26.8 Å². The van der Waals surface area contributed by atoms with Gasteiger partial charge in [-0.2, -0.15) is 0 Å². The van der Waals surface area contributed by atoms with Gasteiger partial charge in [0.2, 0.25) is 0 Å². The van der Waals surface area contributed by atoms with E-state index in [1.807, 2.05) is 48.5 Å². The molecule has 3 aromatic rings. The smallest absolute Gasteiger partial charge is 0.419 e. The number of hydrogen-bond donors (Lipinski definition) is 2. The Morgan fingerprint density at radius 3 is 2.23 bits per heavy atom. The Kier molecular flexibility index (Phi) is 6.59. The number of rotatable bonds is 6. The minimum atomic E-state index is -1.28. The zero-order chi connectivity index (χ0) is 25.2. The van der Waals surface area contributed by atoms with E-state index in [1.54, 1.807) is 20.8 Å². The van der Waals surface area contributed by atoms with Crippen molar-refractivity contribution in [3.8, 4) is 11.1 Å². The summed E-state index contributed by atoms with van der Waals surface area (Å²) in [5.41, 5.74) is 3.94. The molecule has 0 aliphatic heterocycles. The summed E-state index contributed by atoms with van der Waals surface area (Å²) >= 11 is 0. The lowest BCUT2D eigenvalue weighted by Gasteiger charge is -2.19. The Balaban J connectivity index is 1.38. The molecule has 1 aliphatic rings. The van der Waals surface area contributed by atoms with Crippen molar-refractivity contribution in [1.82, 2.24) is 14.9 Å². The Morgan fingerprint density at radius 1 is 1.06 bits per heavy atom. The van der Waals surface area contributed by atoms with Crippen LogP contribution in [0.3, 0.4) is 0 Å². The van der Waals surface area contributed by atoms with Crippen LogP contribution in [0.4, 0.5) is 9.59 Å². The van der Waals surface area contributed by atoms with Gasteiger partial charge in [0.05, 0.1) is 5.69 Å². The number of nitrogens with one attached hydrogen (secondary N) is 1. The number of nitrogens with zero attached hydrogens (tertiary/aromatic N) is 2. The van der Waals surface area contributed by atoms with Gasteiger partial charge in [0.25, 0.3) is 0 Å². The molecule has 9 nitrogen and oxygen atoms in total. The molecule has 0 fully saturated rings. The molecule has 0 saturated carbocycles. The highest BCUT2D eigenvalue weighted by atomic mass is 16.6. The van der Waals surface area contributed by atoms with Crippen LogP contribution < -0.4 is 5.32 Å². The van der Waals surface area contributed by atoms with Gasteiger partial charge in [-0.25, -0.2) is 23.9 Å². The van der Waals surface area contributed by atoms with E-state index in [-0.39, 0.29) is 18.9 Å². The van der Waals surface area contributed by atoms with Crippen molar-refractivity contribution in [2.24, 2.45) is 0 Å². The first-order valence-electron chi connectivity index (χ1n) is 11.2. The van der Waals surface area contributed by atoms with Crippen LogP contribution >= 0.6 is 0 Å². The van der Waals surface area contributed by atoms with Gasteiger partial charge < -0.3 is 19.9 Å². The molecule has 182 valence electrons. The van der Waals surface area contributed by atoms with Crippen LogP contribution in [0.2, 0.25) is 0 Å². The van der Waals surface area contributed by atoms with E-state index >= 15 is 0 Å². The van der Waals surface area contributed by atoms with Crippen molar-refractivity contribution in [2.75, 3.05) is 6.61 Å². The summed E-state index contributed by atoms with van der Waals surface area (Å²) in [6.07, 6.45) is 1.02. The average molecular weight is 478 g/mol. The van der Waals surface area contributed by atoms with Gasteiger partial charge in [0.15, 0.2) is 0 Å². The maximum absolute atomic E-state index is 12.5. The molecule has 35 heavy (non-hydrogen) atoms. The molecule has 0 saturated heterocycles. The Hall–Kier alpha value is -4.14. The molecule has 4 rings (SSSR count). The lowest BCUT2D eigenvalue weighted by atomic mass is 9.98. The molecule has 1 heterocycles. The van der Waals surface area contributed by atoms with Crippen LogP contribution in [-0.2, 0) is 20.7 Å². The lowest BCUT2D eigenvalue weighted by molar-refractivity contribution is -0.139. The normalized spacial score (nSPS) is 13.5. The number of aliphatic carboxylic acids is 1. The summed E-state index contributed by atoms with van der Waals surface area (Å²) in [7, 11) is 0. The largest absolute Gasteiger partial charge is 0.480 e. The van der Waals surface area contributed by atoms with Crippen LogP contribution in [0, 0.1) is 0 Å². The van der Waals surface area contributed by atoms with Crippen molar-refractivity contribution < 1.29 is 29.0 Å². The predicted molar refractivity (Wildman–Crippen MR) is 127 cm³/mol. The number of amides is 1.